The molecule has 0 bridgehead atoms. The van der Waals surface area contributed by atoms with E-state index in [2.05, 4.69) is 20.1 Å². The van der Waals surface area contributed by atoms with Crippen molar-refractivity contribution in [3.8, 4) is 5.82 Å². The molecular weight excluding hydrogens is 248 g/mol. The molecule has 0 aliphatic rings. The number of nitrogen functional groups attached to an aromatic ring is 1. The summed E-state index contributed by atoms with van der Waals surface area (Å²) in [6.45, 7) is 5.78. The fourth-order valence-corrected chi connectivity index (χ4v) is 2.81. The largest absolute Gasteiger partial charge is 0.368 e. The highest BCUT2D eigenvalue weighted by molar-refractivity contribution is 7.18. The lowest BCUT2D eigenvalue weighted by Crippen LogP contribution is -2.06. The van der Waals surface area contributed by atoms with Gasteiger partial charge in [-0.1, -0.05) is 0 Å². The third-order valence-corrected chi connectivity index (χ3v) is 3.53. The van der Waals surface area contributed by atoms with E-state index in [1.165, 1.54) is 4.88 Å². The van der Waals surface area contributed by atoms with E-state index in [-0.39, 0.29) is 5.95 Å². The Kier molecular flexibility index (Phi) is 2.30. The monoisotopic (exact) mass is 260 g/mol. The summed E-state index contributed by atoms with van der Waals surface area (Å²) in [5, 5.41) is 5.30. The predicted molar refractivity (Wildman–Crippen MR) is 71.0 cm³/mol. The van der Waals surface area contributed by atoms with Crippen LogP contribution in [0, 0.1) is 20.8 Å². The van der Waals surface area contributed by atoms with E-state index in [0.717, 1.165) is 16.0 Å². The predicted octanol–water partition coefficient (Wildman–Crippen LogP) is 1.78. The van der Waals surface area contributed by atoms with Gasteiger partial charge in [-0.25, -0.2) is 9.97 Å². The number of thiophene rings is 1. The molecule has 7 heteroatoms. The highest BCUT2D eigenvalue weighted by Gasteiger charge is 2.14. The fraction of sp³-hybridized carbons (Fsp3) is 0.273. The second-order valence-electron chi connectivity index (χ2n) is 4.10. The van der Waals surface area contributed by atoms with Gasteiger partial charge in [-0.3, -0.25) is 0 Å². The molecule has 0 saturated heterocycles. The average molecular weight is 260 g/mol. The Morgan fingerprint density at radius 3 is 2.61 bits per heavy atom. The van der Waals surface area contributed by atoms with Crippen molar-refractivity contribution < 1.29 is 0 Å². The van der Waals surface area contributed by atoms with Crippen LogP contribution in [0.1, 0.15) is 16.5 Å². The molecule has 3 aromatic heterocycles. The second kappa shape index (κ2) is 3.74. The first-order chi connectivity index (χ1) is 8.54. The minimum Gasteiger partial charge on any atom is -0.368 e. The van der Waals surface area contributed by atoms with Crippen molar-refractivity contribution in [1.82, 2.24) is 24.7 Å². The van der Waals surface area contributed by atoms with Gasteiger partial charge in [0.2, 0.25) is 5.95 Å². The van der Waals surface area contributed by atoms with Gasteiger partial charge >= 0.3 is 0 Å². The summed E-state index contributed by atoms with van der Waals surface area (Å²) < 4.78 is 1.71. The third kappa shape index (κ3) is 1.63. The number of nitrogens with zero attached hydrogens (tertiary/aromatic N) is 5. The molecule has 0 atom stereocenters. The van der Waals surface area contributed by atoms with Crippen molar-refractivity contribution in [1.29, 1.82) is 0 Å². The van der Waals surface area contributed by atoms with Crippen LogP contribution in [0.4, 0.5) is 5.95 Å². The number of hydrogen-bond donors (Lipinski definition) is 1. The summed E-state index contributed by atoms with van der Waals surface area (Å²) in [5.74, 6) is 2.45. The Balaban J connectivity index is 2.37. The molecule has 0 saturated carbocycles. The minimum atomic E-state index is 0.256. The summed E-state index contributed by atoms with van der Waals surface area (Å²) in [5.41, 5.74) is 5.75. The van der Waals surface area contributed by atoms with Crippen LogP contribution in [0.15, 0.2) is 6.07 Å². The first-order valence-corrected chi connectivity index (χ1v) is 6.30. The zero-order valence-corrected chi connectivity index (χ0v) is 11.1. The Morgan fingerprint density at radius 1 is 1.17 bits per heavy atom. The van der Waals surface area contributed by atoms with Gasteiger partial charge in [-0.15, -0.1) is 16.4 Å². The molecule has 2 N–H and O–H groups in total. The summed E-state index contributed by atoms with van der Waals surface area (Å²) in [7, 11) is 0. The van der Waals surface area contributed by atoms with Crippen molar-refractivity contribution in [2.45, 2.75) is 20.8 Å². The lowest BCUT2D eigenvalue weighted by Gasteiger charge is -2.04. The van der Waals surface area contributed by atoms with Crippen molar-refractivity contribution >= 4 is 27.5 Å². The third-order valence-electron chi connectivity index (χ3n) is 2.59. The van der Waals surface area contributed by atoms with E-state index < -0.39 is 0 Å². The standard InChI is InChI=1S/C11H12N6S/c1-5-4-8-9(14-11(12)15-10(8)18-5)17-7(3)13-6(2)16-17/h4H,1-3H3,(H2,12,14,15). The maximum Gasteiger partial charge on any atom is 0.223 e. The number of hydrogen-bond acceptors (Lipinski definition) is 6. The molecule has 3 aromatic rings. The first kappa shape index (κ1) is 11.1. The fourth-order valence-electron chi connectivity index (χ4n) is 1.93. The molecular formula is C11H12N6S. The number of nitrogens with two attached hydrogens (primary N) is 1. The Hall–Kier alpha value is -2.02. The number of anilines is 1. The average Bonchev–Trinajstić information content (AvgIpc) is 2.79. The van der Waals surface area contributed by atoms with E-state index in [1.54, 1.807) is 16.0 Å². The van der Waals surface area contributed by atoms with Gasteiger partial charge < -0.3 is 5.73 Å². The van der Waals surface area contributed by atoms with E-state index in [1.807, 2.05) is 26.8 Å². The molecule has 0 unspecified atom stereocenters. The molecule has 0 fully saturated rings. The van der Waals surface area contributed by atoms with E-state index in [0.29, 0.717) is 11.6 Å². The molecule has 0 aliphatic heterocycles. The number of aromatic nitrogens is 5. The van der Waals surface area contributed by atoms with Crippen LogP contribution in [-0.4, -0.2) is 24.7 Å². The quantitative estimate of drug-likeness (QED) is 0.721. The first-order valence-electron chi connectivity index (χ1n) is 5.49. The van der Waals surface area contributed by atoms with Gasteiger partial charge in [0.05, 0.1) is 5.39 Å². The maximum absolute atomic E-state index is 5.75. The molecule has 6 nitrogen and oxygen atoms in total. The summed E-state index contributed by atoms with van der Waals surface area (Å²) in [6.07, 6.45) is 0. The van der Waals surface area contributed by atoms with Crippen molar-refractivity contribution in [2.24, 2.45) is 0 Å². The van der Waals surface area contributed by atoms with Gasteiger partial charge in [0.1, 0.15) is 16.5 Å². The van der Waals surface area contributed by atoms with E-state index in [4.69, 9.17) is 5.73 Å². The summed E-state index contributed by atoms with van der Waals surface area (Å²) in [4.78, 5) is 14.9. The minimum absolute atomic E-state index is 0.256. The zero-order chi connectivity index (χ0) is 12.9. The van der Waals surface area contributed by atoms with Crippen molar-refractivity contribution in [3.05, 3.63) is 22.6 Å². The molecule has 18 heavy (non-hydrogen) atoms. The highest BCUT2D eigenvalue weighted by atomic mass is 32.1. The van der Waals surface area contributed by atoms with E-state index in [9.17, 15) is 0 Å². The Bertz CT molecular complexity index is 741. The molecule has 3 rings (SSSR count). The molecule has 3 heterocycles. The summed E-state index contributed by atoms with van der Waals surface area (Å²) in [6, 6.07) is 2.05. The van der Waals surface area contributed by atoms with Crippen LogP contribution in [0.3, 0.4) is 0 Å². The highest BCUT2D eigenvalue weighted by Crippen LogP contribution is 2.28. The Labute approximate surface area is 108 Å². The normalized spacial score (nSPS) is 11.3. The molecule has 0 aromatic carbocycles. The molecule has 0 spiro atoms. The maximum atomic E-state index is 5.75. The topological polar surface area (TPSA) is 82.5 Å². The van der Waals surface area contributed by atoms with Crippen LogP contribution < -0.4 is 5.73 Å². The van der Waals surface area contributed by atoms with Gasteiger partial charge in [-0.05, 0) is 26.8 Å². The zero-order valence-electron chi connectivity index (χ0n) is 10.3. The molecule has 0 aliphatic carbocycles. The van der Waals surface area contributed by atoms with Crippen LogP contribution in [-0.2, 0) is 0 Å². The number of fused-ring (bicyclic) bond motifs is 1. The smallest absolute Gasteiger partial charge is 0.223 e. The lowest BCUT2D eigenvalue weighted by molar-refractivity contribution is 0.810. The molecule has 0 amide bonds. The van der Waals surface area contributed by atoms with Gasteiger partial charge in [0.15, 0.2) is 5.82 Å². The molecule has 92 valence electrons. The lowest BCUT2D eigenvalue weighted by atomic mass is 10.3. The summed E-state index contributed by atoms with van der Waals surface area (Å²) >= 11 is 1.60. The number of rotatable bonds is 1. The van der Waals surface area contributed by atoms with Crippen LogP contribution in [0.2, 0.25) is 0 Å². The SMILES string of the molecule is Cc1nc(C)n(-c2nc(N)nc3sc(C)cc23)n1. The van der Waals surface area contributed by atoms with Crippen molar-refractivity contribution in [3.63, 3.8) is 0 Å². The number of aryl methyl sites for hydroxylation is 3. The van der Waals surface area contributed by atoms with Crippen molar-refractivity contribution in [2.75, 3.05) is 5.73 Å². The van der Waals surface area contributed by atoms with Crippen LogP contribution in [0.5, 0.6) is 0 Å². The van der Waals surface area contributed by atoms with Crippen LogP contribution in [0.25, 0.3) is 16.0 Å². The van der Waals surface area contributed by atoms with E-state index >= 15 is 0 Å². The van der Waals surface area contributed by atoms with Crippen LogP contribution >= 0.6 is 11.3 Å². The Morgan fingerprint density at radius 2 is 1.94 bits per heavy atom. The van der Waals surface area contributed by atoms with Gasteiger partial charge in [-0.2, -0.15) is 9.67 Å². The second-order valence-corrected chi connectivity index (χ2v) is 5.33. The molecule has 0 radical (unpaired) electrons. The van der Waals surface area contributed by atoms with Gasteiger partial charge in [0.25, 0.3) is 0 Å². The van der Waals surface area contributed by atoms with Gasteiger partial charge in [0, 0.05) is 4.88 Å².